The molecule has 4 aliphatic rings. The van der Waals surface area contributed by atoms with Crippen LogP contribution in [0.3, 0.4) is 0 Å². The fourth-order valence-electron chi connectivity index (χ4n) is 6.50. The van der Waals surface area contributed by atoms with Gasteiger partial charge in [0.15, 0.2) is 0 Å². The van der Waals surface area contributed by atoms with Gasteiger partial charge in [-0.1, -0.05) is 13.8 Å². The summed E-state index contributed by atoms with van der Waals surface area (Å²) in [4.78, 5) is 37.1. The Kier molecular flexibility index (Phi) is 3.00. The second kappa shape index (κ2) is 4.52. The minimum atomic E-state index is -0.246. The zero-order valence-electron chi connectivity index (χ0n) is 13.7. The van der Waals surface area contributed by atoms with Gasteiger partial charge in [0.1, 0.15) is 17.3 Å². The highest BCUT2D eigenvalue weighted by Gasteiger charge is 2.62. The highest BCUT2D eigenvalue weighted by molar-refractivity contribution is 5.91. The molecular formula is C19H26O3. The van der Waals surface area contributed by atoms with Crippen LogP contribution in [0.15, 0.2) is 0 Å². The molecule has 22 heavy (non-hydrogen) atoms. The lowest BCUT2D eigenvalue weighted by molar-refractivity contribution is -0.158. The van der Waals surface area contributed by atoms with Gasteiger partial charge in [-0.3, -0.25) is 14.4 Å². The Balaban J connectivity index is 1.72. The van der Waals surface area contributed by atoms with E-state index < -0.39 is 0 Å². The number of hydrogen-bond donors (Lipinski definition) is 0. The Morgan fingerprint density at radius 3 is 2.45 bits per heavy atom. The van der Waals surface area contributed by atoms with Gasteiger partial charge >= 0.3 is 0 Å². The van der Waals surface area contributed by atoms with E-state index in [0.717, 1.165) is 25.7 Å². The molecule has 0 aromatic carbocycles. The summed E-state index contributed by atoms with van der Waals surface area (Å²) in [6.45, 7) is 4.43. The number of carbonyl (C=O) groups is 3. The molecule has 0 N–H and O–H groups in total. The van der Waals surface area contributed by atoms with Crippen molar-refractivity contribution in [3.05, 3.63) is 0 Å². The molecule has 4 fully saturated rings. The van der Waals surface area contributed by atoms with Crippen LogP contribution in [0.4, 0.5) is 0 Å². The predicted octanol–water partition coefficient (Wildman–Crippen LogP) is 3.35. The van der Waals surface area contributed by atoms with Crippen molar-refractivity contribution < 1.29 is 14.4 Å². The van der Waals surface area contributed by atoms with Crippen molar-refractivity contribution in [2.75, 3.05) is 0 Å². The van der Waals surface area contributed by atoms with Gasteiger partial charge in [-0.25, -0.2) is 0 Å². The monoisotopic (exact) mass is 302 g/mol. The summed E-state index contributed by atoms with van der Waals surface area (Å²) in [6, 6.07) is 0. The fraction of sp³-hybridized carbons (Fsp3) is 0.842. The van der Waals surface area contributed by atoms with Crippen LogP contribution in [0.2, 0.25) is 0 Å². The molecule has 0 aromatic rings. The van der Waals surface area contributed by atoms with E-state index in [1.807, 2.05) is 0 Å². The summed E-state index contributed by atoms with van der Waals surface area (Å²) in [5.41, 5.74) is -0.107. The van der Waals surface area contributed by atoms with Gasteiger partial charge in [0.05, 0.1) is 0 Å². The van der Waals surface area contributed by atoms with Gasteiger partial charge in [0.2, 0.25) is 0 Å². The first kappa shape index (κ1) is 14.6. The van der Waals surface area contributed by atoms with Crippen molar-refractivity contribution >= 4 is 17.3 Å². The SMILES string of the molecule is C[C@]12CCC(=O)C[C@@H]1CC(=O)[C@@H]1[C@H]3CCC(=O)[C@@]3(C)CC[C@@H]12. The van der Waals surface area contributed by atoms with E-state index in [2.05, 4.69) is 13.8 Å². The second-order valence-corrected chi connectivity index (χ2v) is 8.77. The number of ketones is 3. The van der Waals surface area contributed by atoms with Crippen LogP contribution in [0.5, 0.6) is 0 Å². The fourth-order valence-corrected chi connectivity index (χ4v) is 6.50. The lowest BCUT2D eigenvalue weighted by Crippen LogP contribution is -2.57. The summed E-state index contributed by atoms with van der Waals surface area (Å²) in [7, 11) is 0. The molecule has 0 heterocycles. The van der Waals surface area contributed by atoms with Gasteiger partial charge in [-0.15, -0.1) is 0 Å². The number of hydrogen-bond acceptors (Lipinski definition) is 3. The van der Waals surface area contributed by atoms with Gasteiger partial charge in [-0.05, 0) is 48.9 Å². The molecule has 0 aromatic heterocycles. The third-order valence-electron chi connectivity index (χ3n) is 8.00. The quantitative estimate of drug-likeness (QED) is 0.689. The Labute approximate surface area is 132 Å². The minimum Gasteiger partial charge on any atom is -0.300 e. The van der Waals surface area contributed by atoms with E-state index in [-0.39, 0.29) is 28.6 Å². The maximum absolute atomic E-state index is 12.9. The Bertz CT molecular complexity index is 565. The van der Waals surface area contributed by atoms with Crippen molar-refractivity contribution in [2.45, 2.75) is 65.2 Å². The molecule has 0 amide bonds. The van der Waals surface area contributed by atoms with Crippen LogP contribution in [0.1, 0.15) is 65.2 Å². The van der Waals surface area contributed by atoms with Gasteiger partial charge in [0, 0.05) is 37.0 Å². The second-order valence-electron chi connectivity index (χ2n) is 8.77. The smallest absolute Gasteiger partial charge is 0.139 e. The molecule has 0 radical (unpaired) electrons. The third kappa shape index (κ3) is 1.71. The zero-order chi connectivity index (χ0) is 15.7. The van der Waals surface area contributed by atoms with Crippen molar-refractivity contribution in [2.24, 2.45) is 34.5 Å². The van der Waals surface area contributed by atoms with Crippen LogP contribution in [0, 0.1) is 34.5 Å². The predicted molar refractivity (Wildman–Crippen MR) is 82.1 cm³/mol. The maximum atomic E-state index is 12.9. The van der Waals surface area contributed by atoms with Crippen LogP contribution >= 0.6 is 0 Å². The number of Topliss-reactive ketones (excluding diaryl/α,β-unsaturated/α-hetero) is 3. The van der Waals surface area contributed by atoms with Crippen molar-refractivity contribution in [3.63, 3.8) is 0 Å². The van der Waals surface area contributed by atoms with E-state index in [9.17, 15) is 14.4 Å². The average Bonchev–Trinajstić information content (AvgIpc) is 2.77. The molecule has 3 heteroatoms. The minimum absolute atomic E-state index is 0.0830. The molecular weight excluding hydrogens is 276 g/mol. The van der Waals surface area contributed by atoms with Gasteiger partial charge in [-0.2, -0.15) is 0 Å². The van der Waals surface area contributed by atoms with Crippen LogP contribution < -0.4 is 0 Å². The normalized spacial score (nSPS) is 51.3. The molecule has 0 aliphatic heterocycles. The Morgan fingerprint density at radius 1 is 0.909 bits per heavy atom. The van der Waals surface area contributed by atoms with Crippen LogP contribution in [0.25, 0.3) is 0 Å². The molecule has 4 saturated carbocycles. The van der Waals surface area contributed by atoms with E-state index in [1.54, 1.807) is 0 Å². The molecule has 0 spiro atoms. The number of carbonyl (C=O) groups excluding carboxylic acids is 3. The summed E-state index contributed by atoms with van der Waals surface area (Å²) >= 11 is 0. The highest BCUT2D eigenvalue weighted by Crippen LogP contribution is 2.64. The van der Waals surface area contributed by atoms with E-state index >= 15 is 0 Å². The van der Waals surface area contributed by atoms with Crippen molar-refractivity contribution in [3.8, 4) is 0 Å². The average molecular weight is 302 g/mol. The molecule has 0 saturated heterocycles. The lowest BCUT2D eigenvalue weighted by atomic mass is 9.45. The van der Waals surface area contributed by atoms with E-state index in [4.69, 9.17) is 0 Å². The summed E-state index contributed by atoms with van der Waals surface area (Å²) in [6.07, 6.45) is 6.32. The summed E-state index contributed by atoms with van der Waals surface area (Å²) in [5.74, 6) is 2.08. The van der Waals surface area contributed by atoms with Gasteiger partial charge in [0.25, 0.3) is 0 Å². The highest BCUT2D eigenvalue weighted by atomic mass is 16.1. The first-order valence-corrected chi connectivity index (χ1v) is 8.94. The number of fused-ring (bicyclic) bond motifs is 5. The molecule has 4 aliphatic carbocycles. The maximum Gasteiger partial charge on any atom is 0.139 e. The Hall–Kier alpha value is -0.990. The van der Waals surface area contributed by atoms with Crippen LogP contribution in [-0.2, 0) is 14.4 Å². The van der Waals surface area contributed by atoms with E-state index in [0.29, 0.717) is 49.0 Å². The summed E-state index contributed by atoms with van der Waals surface area (Å²) < 4.78 is 0. The molecule has 0 unspecified atom stereocenters. The number of rotatable bonds is 0. The first-order valence-electron chi connectivity index (χ1n) is 8.94. The van der Waals surface area contributed by atoms with Crippen LogP contribution in [-0.4, -0.2) is 17.3 Å². The van der Waals surface area contributed by atoms with Crippen molar-refractivity contribution in [1.82, 2.24) is 0 Å². The Morgan fingerprint density at radius 2 is 1.68 bits per heavy atom. The lowest BCUT2D eigenvalue weighted by Gasteiger charge is -2.58. The zero-order valence-corrected chi connectivity index (χ0v) is 13.7. The topological polar surface area (TPSA) is 51.2 Å². The molecule has 4 rings (SSSR count). The van der Waals surface area contributed by atoms with Gasteiger partial charge < -0.3 is 0 Å². The standard InChI is InChI=1S/C19H26O3/c1-18-7-5-12(20)9-11(18)10-15(21)17-13-3-4-16(22)19(13,2)8-6-14(17)18/h11,13-14,17H,3-10H2,1-2H3/t11-,13-,14+,17-,18+,19+/m1/s1. The summed E-state index contributed by atoms with van der Waals surface area (Å²) in [5, 5.41) is 0. The third-order valence-corrected chi connectivity index (χ3v) is 8.00. The van der Waals surface area contributed by atoms with Crippen molar-refractivity contribution in [1.29, 1.82) is 0 Å². The first-order chi connectivity index (χ1) is 10.4. The molecule has 120 valence electrons. The van der Waals surface area contributed by atoms with E-state index in [1.165, 1.54) is 0 Å². The largest absolute Gasteiger partial charge is 0.300 e. The molecule has 0 bridgehead atoms. The molecule has 3 nitrogen and oxygen atoms in total. The molecule has 6 atom stereocenters.